The summed E-state index contributed by atoms with van der Waals surface area (Å²) in [5.41, 5.74) is 1.58. The number of thioether (sulfide) groups is 1. The highest BCUT2D eigenvalue weighted by Crippen LogP contribution is 2.42. The minimum atomic E-state index is -1.46. The third kappa shape index (κ3) is 5.42. The van der Waals surface area contributed by atoms with Crippen LogP contribution in [-0.4, -0.2) is 40.2 Å². The van der Waals surface area contributed by atoms with Crippen LogP contribution in [-0.2, 0) is 15.8 Å². The molecule has 0 fully saturated rings. The number of carboxylic acids is 1. The molecule has 2 N–H and O–H groups in total. The van der Waals surface area contributed by atoms with Crippen molar-refractivity contribution >= 4 is 40.1 Å². The molecule has 2 aromatic rings. The highest BCUT2D eigenvalue weighted by atomic mass is 32.2. The van der Waals surface area contributed by atoms with Crippen molar-refractivity contribution in [3.63, 3.8) is 0 Å². The number of benzene rings is 2. The van der Waals surface area contributed by atoms with E-state index >= 15 is 0 Å². The Kier molecular flexibility index (Phi) is 8.02. The van der Waals surface area contributed by atoms with Gasteiger partial charge in [-0.3, -0.25) is 0 Å². The summed E-state index contributed by atoms with van der Waals surface area (Å²) in [6.07, 6.45) is 5.79. The number of anilines is 2. The van der Waals surface area contributed by atoms with Gasteiger partial charge in [-0.15, -0.1) is 11.8 Å². The molecule has 0 radical (unpaired) electrons. The topological polar surface area (TPSA) is 78.9 Å². The van der Waals surface area contributed by atoms with Crippen molar-refractivity contribution in [2.45, 2.75) is 54.9 Å². The minimum Gasteiger partial charge on any atom is -0.481 e. The van der Waals surface area contributed by atoms with Crippen LogP contribution in [0.5, 0.6) is 5.75 Å². The largest absolute Gasteiger partial charge is 0.481 e. The van der Waals surface area contributed by atoms with E-state index in [2.05, 4.69) is 35.6 Å². The van der Waals surface area contributed by atoms with E-state index in [4.69, 9.17) is 9.84 Å². The van der Waals surface area contributed by atoms with E-state index in [1.165, 1.54) is 11.8 Å². The number of nitrogens with zero attached hydrogens (tertiary/aromatic N) is 1. The molecule has 2 atom stereocenters. The van der Waals surface area contributed by atoms with Crippen LogP contribution >= 0.6 is 11.8 Å². The van der Waals surface area contributed by atoms with Crippen LogP contribution in [0.3, 0.4) is 0 Å². The van der Waals surface area contributed by atoms with Crippen molar-refractivity contribution in [3.8, 4) is 5.75 Å². The third-order valence-corrected chi connectivity index (χ3v) is 7.71. The molecule has 0 bridgehead atoms. The third-order valence-electron chi connectivity index (χ3n) is 5.61. The average Bonchev–Trinajstić information content (AvgIpc) is 2.90. The monoisotopic (exact) mass is 462 g/mol. The molecule has 2 unspecified atom stereocenters. The SMILES string of the molecule is CCCCC1(CC)CN(c2ccccc2)c2cc(SC)c(OCC(=O)O)cc2S(=O)N1. The van der Waals surface area contributed by atoms with Gasteiger partial charge in [0.2, 0.25) is 0 Å². The summed E-state index contributed by atoms with van der Waals surface area (Å²) in [4.78, 5) is 14.7. The predicted molar refractivity (Wildman–Crippen MR) is 127 cm³/mol. The Morgan fingerprint density at radius 3 is 2.65 bits per heavy atom. The molecule has 31 heavy (non-hydrogen) atoms. The summed E-state index contributed by atoms with van der Waals surface area (Å²) in [7, 11) is -1.46. The number of unbranched alkanes of at least 4 members (excludes halogenated alkanes) is 1. The fourth-order valence-electron chi connectivity index (χ4n) is 3.82. The molecule has 1 aliphatic heterocycles. The van der Waals surface area contributed by atoms with Crippen molar-refractivity contribution in [1.29, 1.82) is 0 Å². The average molecular weight is 463 g/mol. The number of hydrogen-bond donors (Lipinski definition) is 2. The van der Waals surface area contributed by atoms with Crippen molar-refractivity contribution in [1.82, 2.24) is 4.72 Å². The minimum absolute atomic E-state index is 0.308. The Balaban J connectivity index is 2.15. The maximum atomic E-state index is 13.5. The highest BCUT2D eigenvalue weighted by molar-refractivity contribution is 7.98. The molecule has 1 heterocycles. The number of fused-ring (bicyclic) bond motifs is 1. The van der Waals surface area contributed by atoms with Crippen LogP contribution in [0, 0.1) is 0 Å². The molecule has 1 aliphatic rings. The van der Waals surface area contributed by atoms with Crippen LogP contribution in [0.2, 0.25) is 0 Å². The lowest BCUT2D eigenvalue weighted by atomic mass is 9.89. The summed E-state index contributed by atoms with van der Waals surface area (Å²) in [5, 5.41) is 9.04. The first-order valence-corrected chi connectivity index (χ1v) is 12.9. The van der Waals surface area contributed by atoms with Gasteiger partial charge in [-0.25, -0.2) is 13.7 Å². The fourth-order valence-corrected chi connectivity index (χ4v) is 5.75. The van der Waals surface area contributed by atoms with Crippen LogP contribution in [0.25, 0.3) is 0 Å². The maximum Gasteiger partial charge on any atom is 0.341 e. The Hall–Kier alpha value is -2.03. The van der Waals surface area contributed by atoms with Gasteiger partial charge in [-0.2, -0.15) is 0 Å². The van der Waals surface area contributed by atoms with E-state index in [9.17, 15) is 9.00 Å². The van der Waals surface area contributed by atoms with Gasteiger partial charge in [-0.1, -0.05) is 44.9 Å². The Morgan fingerprint density at radius 1 is 1.29 bits per heavy atom. The fraction of sp³-hybridized carbons (Fsp3) is 0.435. The van der Waals surface area contributed by atoms with Crippen molar-refractivity contribution in [3.05, 3.63) is 42.5 Å². The zero-order valence-corrected chi connectivity index (χ0v) is 19.9. The van der Waals surface area contributed by atoms with Gasteiger partial charge in [0.05, 0.1) is 15.5 Å². The lowest BCUT2D eigenvalue weighted by molar-refractivity contribution is -0.139. The summed E-state index contributed by atoms with van der Waals surface area (Å²) < 4.78 is 22.4. The second-order valence-electron chi connectivity index (χ2n) is 7.68. The number of carbonyl (C=O) groups is 1. The van der Waals surface area contributed by atoms with Crippen LogP contribution in [0.4, 0.5) is 11.4 Å². The molecule has 0 saturated heterocycles. The predicted octanol–water partition coefficient (Wildman–Crippen LogP) is 4.97. The first kappa shape index (κ1) is 23.6. The quantitative estimate of drug-likeness (QED) is 0.512. The Morgan fingerprint density at radius 2 is 2.03 bits per heavy atom. The molecule has 8 heteroatoms. The van der Waals surface area contributed by atoms with Gasteiger partial charge in [0.15, 0.2) is 6.61 Å². The maximum absolute atomic E-state index is 13.5. The van der Waals surface area contributed by atoms with E-state index < -0.39 is 23.6 Å². The molecule has 0 amide bonds. The Bertz CT molecular complexity index is 939. The van der Waals surface area contributed by atoms with E-state index in [1.54, 1.807) is 6.07 Å². The molecule has 0 saturated carbocycles. The lowest BCUT2D eigenvalue weighted by Gasteiger charge is -2.36. The van der Waals surface area contributed by atoms with Gasteiger partial charge in [0.25, 0.3) is 0 Å². The second kappa shape index (κ2) is 10.5. The number of ether oxygens (including phenoxy) is 1. The van der Waals surface area contributed by atoms with Gasteiger partial charge in [-0.05, 0) is 37.3 Å². The molecular weight excluding hydrogens is 432 g/mol. The number of carboxylic acid groups (broad SMARTS) is 1. The van der Waals surface area contributed by atoms with Crippen molar-refractivity contribution in [2.24, 2.45) is 0 Å². The number of aliphatic carboxylic acids is 1. The molecule has 0 aromatic heterocycles. The summed E-state index contributed by atoms with van der Waals surface area (Å²) in [6, 6.07) is 13.8. The van der Waals surface area contributed by atoms with Gasteiger partial charge >= 0.3 is 5.97 Å². The second-order valence-corrected chi connectivity index (χ2v) is 9.71. The van der Waals surface area contributed by atoms with E-state index in [0.717, 1.165) is 42.0 Å². The Labute approximate surface area is 191 Å². The number of hydrogen-bond acceptors (Lipinski definition) is 5. The summed E-state index contributed by atoms with van der Waals surface area (Å²) in [6.45, 7) is 4.55. The standard InChI is InChI=1S/C23H30N2O4S2/c1-4-6-12-23(5-2)16-25(17-10-8-7-9-11-17)18-13-20(30-3)19(29-15-22(26)27)14-21(18)31(28)24-23/h7-11,13-14,24H,4-6,12,15-16H2,1-3H3,(H,26,27). The van der Waals surface area contributed by atoms with Gasteiger partial charge < -0.3 is 14.7 Å². The van der Waals surface area contributed by atoms with E-state index in [-0.39, 0.29) is 5.54 Å². The zero-order valence-electron chi connectivity index (χ0n) is 18.2. The summed E-state index contributed by atoms with van der Waals surface area (Å²) in [5.74, 6) is -0.605. The number of nitrogens with one attached hydrogen (secondary N) is 1. The van der Waals surface area contributed by atoms with Crippen LogP contribution in [0.15, 0.2) is 52.3 Å². The van der Waals surface area contributed by atoms with E-state index in [0.29, 0.717) is 17.2 Å². The zero-order chi connectivity index (χ0) is 22.4. The smallest absolute Gasteiger partial charge is 0.341 e. The normalized spacial score (nSPS) is 20.7. The number of rotatable bonds is 9. The molecule has 6 nitrogen and oxygen atoms in total. The van der Waals surface area contributed by atoms with Crippen LogP contribution in [0.1, 0.15) is 39.5 Å². The number of para-hydroxylation sites is 1. The molecule has 168 valence electrons. The molecule has 0 spiro atoms. The van der Waals surface area contributed by atoms with Crippen LogP contribution < -0.4 is 14.4 Å². The van der Waals surface area contributed by atoms with Gasteiger partial charge in [0, 0.05) is 23.8 Å². The van der Waals surface area contributed by atoms with E-state index in [1.807, 2.05) is 30.5 Å². The van der Waals surface area contributed by atoms with Crippen molar-refractivity contribution in [2.75, 3.05) is 24.3 Å². The molecular formula is C23H30N2O4S2. The lowest BCUT2D eigenvalue weighted by Crippen LogP contribution is -2.51. The van der Waals surface area contributed by atoms with Crippen molar-refractivity contribution < 1.29 is 18.8 Å². The molecule has 2 aromatic carbocycles. The molecule has 3 rings (SSSR count). The first-order valence-electron chi connectivity index (χ1n) is 10.5. The first-order chi connectivity index (χ1) is 14.9. The summed E-state index contributed by atoms with van der Waals surface area (Å²) >= 11 is 1.48. The molecule has 0 aliphatic carbocycles. The van der Waals surface area contributed by atoms with Gasteiger partial charge in [0.1, 0.15) is 16.7 Å². The highest BCUT2D eigenvalue weighted by Gasteiger charge is 2.37.